The summed E-state index contributed by atoms with van der Waals surface area (Å²) in [6, 6.07) is 5.08. The van der Waals surface area contributed by atoms with Gasteiger partial charge in [-0.2, -0.15) is 0 Å². The van der Waals surface area contributed by atoms with Gasteiger partial charge in [0.25, 0.3) is 0 Å². The van der Waals surface area contributed by atoms with E-state index >= 15 is 0 Å². The first-order valence-electron chi connectivity index (χ1n) is 6.00. The van der Waals surface area contributed by atoms with Gasteiger partial charge in [-0.3, -0.25) is 4.79 Å². The van der Waals surface area contributed by atoms with Crippen LogP contribution in [0.25, 0.3) is 0 Å². The van der Waals surface area contributed by atoms with E-state index in [1.54, 1.807) is 32.2 Å². The molecule has 0 radical (unpaired) electrons. The van der Waals surface area contributed by atoms with Gasteiger partial charge in [-0.25, -0.2) is 0 Å². The quantitative estimate of drug-likeness (QED) is 0.755. The molecule has 7 heteroatoms. The lowest BCUT2D eigenvalue weighted by molar-refractivity contribution is -0.119. The molecular formula is C13H20Cl2N2O3. The van der Waals surface area contributed by atoms with Crippen LogP contribution in [0.1, 0.15) is 6.92 Å². The minimum Gasteiger partial charge on any atom is -0.490 e. The highest BCUT2D eigenvalue weighted by molar-refractivity contribution is 6.32. The number of hydrogen-bond donors (Lipinski definition) is 2. The number of nitrogens with one attached hydrogen (secondary N) is 1. The summed E-state index contributed by atoms with van der Waals surface area (Å²) in [5.41, 5.74) is 6.05. The molecule has 1 aromatic rings. The Bertz CT molecular complexity index is 430. The normalized spacial score (nSPS) is 11.4. The third-order valence-electron chi connectivity index (χ3n) is 2.55. The Kier molecular flexibility index (Phi) is 9.33. The lowest BCUT2D eigenvalue weighted by Gasteiger charge is -2.12. The zero-order valence-electron chi connectivity index (χ0n) is 11.5. The van der Waals surface area contributed by atoms with Crippen LogP contribution in [0.3, 0.4) is 0 Å². The van der Waals surface area contributed by atoms with Gasteiger partial charge in [0.05, 0.1) is 11.6 Å². The Morgan fingerprint density at radius 2 is 2.15 bits per heavy atom. The van der Waals surface area contributed by atoms with Crippen LogP contribution in [0.5, 0.6) is 5.75 Å². The largest absolute Gasteiger partial charge is 0.490 e. The van der Waals surface area contributed by atoms with Crippen molar-refractivity contribution in [2.45, 2.75) is 6.92 Å². The predicted octanol–water partition coefficient (Wildman–Crippen LogP) is 2.32. The number of carbonyl (C=O) groups is 1. The first kappa shape index (κ1) is 19.0. The van der Waals surface area contributed by atoms with Crippen molar-refractivity contribution >= 4 is 35.6 Å². The highest BCUT2D eigenvalue weighted by atomic mass is 35.5. The van der Waals surface area contributed by atoms with E-state index in [-0.39, 0.29) is 24.2 Å². The molecule has 0 fully saturated rings. The molecule has 0 aliphatic heterocycles. The molecule has 1 atom stereocenters. The van der Waals surface area contributed by atoms with Gasteiger partial charge in [0.2, 0.25) is 5.91 Å². The van der Waals surface area contributed by atoms with E-state index in [1.165, 1.54) is 0 Å². The second-order valence-electron chi connectivity index (χ2n) is 4.11. The van der Waals surface area contributed by atoms with Crippen LogP contribution in [0, 0.1) is 5.92 Å². The first-order valence-corrected chi connectivity index (χ1v) is 6.38. The fraction of sp³-hybridized carbons (Fsp3) is 0.462. The molecule has 0 heterocycles. The van der Waals surface area contributed by atoms with Gasteiger partial charge in [0, 0.05) is 25.3 Å². The number of methoxy groups -OCH3 is 1. The summed E-state index contributed by atoms with van der Waals surface area (Å²) < 4.78 is 10.3. The summed E-state index contributed by atoms with van der Waals surface area (Å²) in [6.45, 7) is 2.98. The van der Waals surface area contributed by atoms with Crippen LogP contribution >= 0.6 is 24.0 Å². The highest BCUT2D eigenvalue weighted by Gasteiger charge is 2.11. The molecule has 3 N–H and O–H groups in total. The maximum Gasteiger partial charge on any atom is 0.228 e. The maximum atomic E-state index is 11.7. The van der Waals surface area contributed by atoms with Gasteiger partial charge in [-0.15, -0.1) is 12.4 Å². The SMILES string of the molecule is COCCOc1ccc(NC(=O)C(C)CN)cc1Cl.Cl. The molecule has 1 amide bonds. The van der Waals surface area contributed by atoms with Gasteiger partial charge in [-0.05, 0) is 18.2 Å². The van der Waals surface area contributed by atoms with E-state index in [1.807, 2.05) is 0 Å². The number of nitrogens with two attached hydrogens (primary N) is 1. The number of benzene rings is 1. The number of ether oxygens (including phenoxy) is 2. The number of hydrogen-bond acceptors (Lipinski definition) is 4. The van der Waals surface area contributed by atoms with Crippen LogP contribution in [0.15, 0.2) is 18.2 Å². The summed E-state index contributed by atoms with van der Waals surface area (Å²) in [6.07, 6.45) is 0. The van der Waals surface area contributed by atoms with Crippen molar-refractivity contribution in [3.8, 4) is 5.75 Å². The van der Waals surface area contributed by atoms with Crippen molar-refractivity contribution in [3.63, 3.8) is 0 Å². The number of rotatable bonds is 7. The molecular weight excluding hydrogens is 303 g/mol. The first-order chi connectivity index (χ1) is 9.08. The number of amides is 1. The molecule has 0 aliphatic rings. The zero-order chi connectivity index (χ0) is 14.3. The highest BCUT2D eigenvalue weighted by Crippen LogP contribution is 2.27. The van der Waals surface area contributed by atoms with Crippen molar-refractivity contribution in [1.82, 2.24) is 0 Å². The molecule has 0 spiro atoms. The van der Waals surface area contributed by atoms with Crippen molar-refractivity contribution in [2.24, 2.45) is 11.7 Å². The third-order valence-corrected chi connectivity index (χ3v) is 2.84. The molecule has 0 aromatic heterocycles. The molecule has 1 unspecified atom stereocenters. The second kappa shape index (κ2) is 9.83. The van der Waals surface area contributed by atoms with Gasteiger partial charge in [0.15, 0.2) is 0 Å². The standard InChI is InChI=1S/C13H19ClN2O3.ClH/c1-9(8-15)13(17)16-10-3-4-12(11(14)7-10)19-6-5-18-2;/h3-4,7,9H,5-6,8,15H2,1-2H3,(H,16,17);1H. The molecule has 114 valence electrons. The average Bonchev–Trinajstić information content (AvgIpc) is 2.40. The van der Waals surface area contributed by atoms with Gasteiger partial charge >= 0.3 is 0 Å². The summed E-state index contributed by atoms with van der Waals surface area (Å²) in [5, 5.41) is 3.18. The van der Waals surface area contributed by atoms with Crippen LogP contribution in [-0.2, 0) is 9.53 Å². The summed E-state index contributed by atoms with van der Waals surface area (Å²) in [7, 11) is 1.60. The summed E-state index contributed by atoms with van der Waals surface area (Å²) in [5.74, 6) is 0.187. The minimum atomic E-state index is -0.239. The van der Waals surface area contributed by atoms with Gasteiger partial charge in [-0.1, -0.05) is 18.5 Å². The third kappa shape index (κ3) is 5.96. The van der Waals surface area contributed by atoms with Crippen LogP contribution in [-0.4, -0.2) is 32.8 Å². The van der Waals surface area contributed by atoms with E-state index in [4.69, 9.17) is 26.8 Å². The fourth-order valence-electron chi connectivity index (χ4n) is 1.30. The molecule has 1 aromatic carbocycles. The van der Waals surface area contributed by atoms with Crippen LogP contribution in [0.4, 0.5) is 5.69 Å². The van der Waals surface area contributed by atoms with E-state index in [2.05, 4.69) is 5.32 Å². The molecule has 1 rings (SSSR count). The summed E-state index contributed by atoms with van der Waals surface area (Å²) in [4.78, 5) is 11.7. The number of carbonyl (C=O) groups excluding carboxylic acids is 1. The molecule has 5 nitrogen and oxygen atoms in total. The zero-order valence-corrected chi connectivity index (χ0v) is 13.1. The molecule has 0 aliphatic carbocycles. The molecule has 20 heavy (non-hydrogen) atoms. The van der Waals surface area contributed by atoms with E-state index < -0.39 is 0 Å². The lowest BCUT2D eigenvalue weighted by Crippen LogP contribution is -2.26. The van der Waals surface area contributed by atoms with E-state index in [9.17, 15) is 4.79 Å². The predicted molar refractivity (Wildman–Crippen MR) is 82.9 cm³/mol. The summed E-state index contributed by atoms with van der Waals surface area (Å²) >= 11 is 6.06. The smallest absolute Gasteiger partial charge is 0.228 e. The molecule has 0 saturated heterocycles. The van der Waals surface area contributed by atoms with E-state index in [0.717, 1.165) is 0 Å². The fourth-order valence-corrected chi connectivity index (χ4v) is 1.54. The molecule has 0 saturated carbocycles. The minimum absolute atomic E-state index is 0. The van der Waals surface area contributed by atoms with Crippen molar-refractivity contribution in [1.29, 1.82) is 0 Å². The Morgan fingerprint density at radius 1 is 1.45 bits per heavy atom. The monoisotopic (exact) mass is 322 g/mol. The Hall–Kier alpha value is -1.01. The Balaban J connectivity index is 0.00000361. The molecule has 0 bridgehead atoms. The van der Waals surface area contributed by atoms with Crippen molar-refractivity contribution < 1.29 is 14.3 Å². The van der Waals surface area contributed by atoms with Gasteiger partial charge in [0.1, 0.15) is 12.4 Å². The Labute approximate surface area is 130 Å². The van der Waals surface area contributed by atoms with Crippen molar-refractivity contribution in [3.05, 3.63) is 23.2 Å². The topological polar surface area (TPSA) is 73.6 Å². The van der Waals surface area contributed by atoms with E-state index in [0.29, 0.717) is 36.2 Å². The lowest BCUT2D eigenvalue weighted by atomic mass is 10.1. The number of halogens is 2. The average molecular weight is 323 g/mol. The number of anilines is 1. The van der Waals surface area contributed by atoms with Gasteiger partial charge < -0.3 is 20.5 Å². The second-order valence-corrected chi connectivity index (χ2v) is 4.52. The van der Waals surface area contributed by atoms with Crippen LogP contribution < -0.4 is 15.8 Å². The Morgan fingerprint density at radius 3 is 2.70 bits per heavy atom. The van der Waals surface area contributed by atoms with Crippen molar-refractivity contribution in [2.75, 3.05) is 32.2 Å². The van der Waals surface area contributed by atoms with Crippen LogP contribution in [0.2, 0.25) is 5.02 Å². The maximum absolute atomic E-state index is 11.7.